The fourth-order valence-electron chi connectivity index (χ4n) is 1.46. The third-order valence-electron chi connectivity index (χ3n) is 2.51. The molecule has 1 unspecified atom stereocenters. The Morgan fingerprint density at radius 3 is 2.79 bits per heavy atom. The molecule has 1 N–H and O–H groups in total. The number of thioether (sulfide) groups is 1. The van der Waals surface area contributed by atoms with E-state index in [0.717, 1.165) is 16.5 Å². The second kappa shape index (κ2) is 7.47. The summed E-state index contributed by atoms with van der Waals surface area (Å²) in [4.78, 5) is 0. The van der Waals surface area contributed by atoms with E-state index in [9.17, 15) is 5.11 Å². The van der Waals surface area contributed by atoms with Gasteiger partial charge in [0.1, 0.15) is 17.9 Å². The summed E-state index contributed by atoms with van der Waals surface area (Å²) in [5.41, 5.74) is 2.96. The summed E-state index contributed by atoms with van der Waals surface area (Å²) in [6.45, 7) is 2.40. The first-order chi connectivity index (χ1) is 9.28. The predicted octanol–water partition coefficient (Wildman–Crippen LogP) is 2.63. The lowest BCUT2D eigenvalue weighted by Crippen LogP contribution is -2.20. The van der Waals surface area contributed by atoms with Gasteiger partial charge in [-0.3, -0.25) is 0 Å². The quantitative estimate of drug-likeness (QED) is 0.796. The molecule has 0 aliphatic heterocycles. The van der Waals surface area contributed by atoms with Gasteiger partial charge in [0, 0.05) is 5.75 Å². The highest BCUT2D eigenvalue weighted by Crippen LogP contribution is 2.20. The third-order valence-corrected chi connectivity index (χ3v) is 4.52. The lowest BCUT2D eigenvalue weighted by Gasteiger charge is -2.11. The summed E-state index contributed by atoms with van der Waals surface area (Å²) in [5, 5.41) is 17.5. The van der Waals surface area contributed by atoms with Gasteiger partial charge < -0.3 is 9.84 Å². The first-order valence-electron chi connectivity index (χ1n) is 6.06. The van der Waals surface area contributed by atoms with Crippen molar-refractivity contribution in [2.75, 3.05) is 12.4 Å². The van der Waals surface area contributed by atoms with Crippen molar-refractivity contribution in [1.82, 2.24) is 10.2 Å². The molecule has 0 saturated heterocycles. The Morgan fingerprint density at radius 1 is 1.37 bits per heavy atom. The largest absolute Gasteiger partial charge is 0.491 e. The molecule has 2 aromatic rings. The highest BCUT2D eigenvalue weighted by atomic mass is 32.2. The molecule has 0 bridgehead atoms. The van der Waals surface area contributed by atoms with Crippen LogP contribution in [0.4, 0.5) is 0 Å². The summed E-state index contributed by atoms with van der Waals surface area (Å²) >= 11 is 2.96. The van der Waals surface area contributed by atoms with E-state index in [1.54, 1.807) is 5.51 Å². The topological polar surface area (TPSA) is 55.2 Å². The van der Waals surface area contributed by atoms with Gasteiger partial charge in [-0.15, -0.1) is 10.2 Å². The lowest BCUT2D eigenvalue weighted by molar-refractivity contribution is 0.126. The van der Waals surface area contributed by atoms with Crippen LogP contribution in [-0.2, 0) is 6.42 Å². The average Bonchev–Trinajstić information content (AvgIpc) is 2.96. The van der Waals surface area contributed by atoms with Crippen molar-refractivity contribution in [3.8, 4) is 5.75 Å². The maximum absolute atomic E-state index is 9.82. The van der Waals surface area contributed by atoms with E-state index in [-0.39, 0.29) is 6.61 Å². The number of nitrogens with zero attached hydrogens (tertiary/aromatic N) is 2. The zero-order valence-corrected chi connectivity index (χ0v) is 12.3. The Bertz CT molecular complexity index is 474. The van der Waals surface area contributed by atoms with Gasteiger partial charge in [0.15, 0.2) is 4.34 Å². The number of rotatable bonds is 7. The average molecular weight is 296 g/mol. The van der Waals surface area contributed by atoms with Gasteiger partial charge in [-0.1, -0.05) is 42.2 Å². The molecule has 102 valence electrons. The fourth-order valence-corrected chi connectivity index (χ4v) is 2.88. The Morgan fingerprint density at radius 2 is 2.16 bits per heavy atom. The van der Waals surface area contributed by atoms with E-state index in [1.165, 1.54) is 28.7 Å². The van der Waals surface area contributed by atoms with Crippen LogP contribution in [0, 0.1) is 0 Å². The predicted molar refractivity (Wildman–Crippen MR) is 78.0 cm³/mol. The number of ether oxygens (including phenoxy) is 1. The van der Waals surface area contributed by atoms with Crippen molar-refractivity contribution in [1.29, 1.82) is 0 Å². The number of aliphatic hydroxyl groups excluding tert-OH is 1. The molecule has 0 saturated carbocycles. The highest BCUT2D eigenvalue weighted by molar-refractivity contribution is 8.01. The molecule has 1 heterocycles. The van der Waals surface area contributed by atoms with Crippen LogP contribution >= 0.6 is 23.1 Å². The number of aryl methyl sites for hydroxylation is 1. The molecule has 0 amide bonds. The van der Waals surface area contributed by atoms with Crippen LogP contribution in [0.15, 0.2) is 34.1 Å². The maximum Gasteiger partial charge on any atom is 0.174 e. The van der Waals surface area contributed by atoms with Gasteiger partial charge in [0.25, 0.3) is 0 Å². The monoisotopic (exact) mass is 296 g/mol. The molecule has 1 aromatic heterocycles. The van der Waals surface area contributed by atoms with E-state index < -0.39 is 6.10 Å². The zero-order chi connectivity index (χ0) is 13.5. The molecule has 0 spiro atoms. The van der Waals surface area contributed by atoms with Gasteiger partial charge in [-0.05, 0) is 24.1 Å². The minimum absolute atomic E-state index is 0.289. The molecular formula is C13H16N2O2S2. The van der Waals surface area contributed by atoms with Gasteiger partial charge >= 0.3 is 0 Å². The number of hydrogen-bond donors (Lipinski definition) is 1. The van der Waals surface area contributed by atoms with Crippen molar-refractivity contribution >= 4 is 23.1 Å². The normalized spacial score (nSPS) is 12.3. The zero-order valence-electron chi connectivity index (χ0n) is 10.7. The summed E-state index contributed by atoms with van der Waals surface area (Å²) < 4.78 is 6.41. The van der Waals surface area contributed by atoms with Crippen molar-refractivity contribution in [2.45, 2.75) is 23.8 Å². The van der Waals surface area contributed by atoms with Crippen molar-refractivity contribution in [3.05, 3.63) is 35.3 Å². The lowest BCUT2D eigenvalue weighted by atomic mass is 10.2. The van der Waals surface area contributed by atoms with Crippen LogP contribution in [0.25, 0.3) is 0 Å². The number of benzene rings is 1. The summed E-state index contributed by atoms with van der Waals surface area (Å²) in [5.74, 6) is 1.35. The summed E-state index contributed by atoms with van der Waals surface area (Å²) in [7, 11) is 0. The minimum atomic E-state index is -0.514. The van der Waals surface area contributed by atoms with Crippen molar-refractivity contribution < 1.29 is 9.84 Å². The fraction of sp³-hybridized carbons (Fsp3) is 0.385. The molecule has 6 heteroatoms. The van der Waals surface area contributed by atoms with E-state index in [0.29, 0.717) is 5.75 Å². The van der Waals surface area contributed by atoms with Crippen LogP contribution in [0.5, 0.6) is 5.75 Å². The van der Waals surface area contributed by atoms with Crippen LogP contribution in [0.1, 0.15) is 12.5 Å². The summed E-state index contributed by atoms with van der Waals surface area (Å²) in [6.07, 6.45) is 0.501. The molecule has 19 heavy (non-hydrogen) atoms. The van der Waals surface area contributed by atoms with Crippen LogP contribution in [0.3, 0.4) is 0 Å². The SMILES string of the molecule is CCc1ccc(OCC(O)CSc2nncs2)cc1. The highest BCUT2D eigenvalue weighted by Gasteiger charge is 2.08. The second-order valence-corrected chi connectivity index (χ2v) is 6.08. The van der Waals surface area contributed by atoms with E-state index >= 15 is 0 Å². The molecule has 0 radical (unpaired) electrons. The van der Waals surface area contributed by atoms with Gasteiger partial charge in [-0.25, -0.2) is 0 Å². The number of hydrogen-bond acceptors (Lipinski definition) is 6. The number of aliphatic hydroxyl groups is 1. The standard InChI is InChI=1S/C13H16N2O2S2/c1-2-10-3-5-12(6-4-10)17-7-11(16)8-18-13-15-14-9-19-13/h3-6,9,11,16H,2,7-8H2,1H3. The van der Waals surface area contributed by atoms with Gasteiger partial charge in [0.05, 0.1) is 6.10 Å². The van der Waals surface area contributed by atoms with E-state index in [4.69, 9.17) is 4.74 Å². The molecule has 0 aliphatic carbocycles. The van der Waals surface area contributed by atoms with Gasteiger partial charge in [-0.2, -0.15) is 0 Å². The Hall–Kier alpha value is -1.11. The molecule has 1 aromatic carbocycles. The maximum atomic E-state index is 9.82. The van der Waals surface area contributed by atoms with Crippen molar-refractivity contribution in [2.24, 2.45) is 0 Å². The van der Waals surface area contributed by atoms with Crippen LogP contribution in [0.2, 0.25) is 0 Å². The first-order valence-corrected chi connectivity index (χ1v) is 7.93. The second-order valence-electron chi connectivity index (χ2n) is 3.98. The third kappa shape index (κ3) is 4.81. The Kier molecular flexibility index (Phi) is 5.62. The molecule has 2 rings (SSSR count). The number of aromatic nitrogens is 2. The first kappa shape index (κ1) is 14.3. The van der Waals surface area contributed by atoms with E-state index in [2.05, 4.69) is 17.1 Å². The van der Waals surface area contributed by atoms with E-state index in [1.807, 2.05) is 24.3 Å². The molecule has 0 fully saturated rings. The summed E-state index contributed by atoms with van der Waals surface area (Å²) in [6, 6.07) is 7.95. The van der Waals surface area contributed by atoms with Crippen LogP contribution < -0.4 is 4.74 Å². The Labute approximate surface area is 120 Å². The smallest absolute Gasteiger partial charge is 0.174 e. The molecule has 4 nitrogen and oxygen atoms in total. The Balaban J connectivity index is 1.71. The minimum Gasteiger partial charge on any atom is -0.491 e. The molecular weight excluding hydrogens is 280 g/mol. The van der Waals surface area contributed by atoms with Crippen molar-refractivity contribution in [3.63, 3.8) is 0 Å². The van der Waals surface area contributed by atoms with Gasteiger partial charge in [0.2, 0.25) is 0 Å². The molecule has 0 aliphatic rings. The van der Waals surface area contributed by atoms with Crippen LogP contribution in [-0.4, -0.2) is 33.8 Å². The molecule has 1 atom stereocenters.